The third-order valence-corrected chi connectivity index (χ3v) is 6.73. The minimum absolute atomic E-state index is 0.238. The molecule has 6 nitrogen and oxygen atoms in total. The molecule has 1 aliphatic heterocycles. The maximum atomic E-state index is 6.16. The van der Waals surface area contributed by atoms with Crippen LogP contribution < -0.4 is 5.32 Å². The average Bonchev–Trinajstić information content (AvgIpc) is 2.83. The molecule has 2 saturated carbocycles. The van der Waals surface area contributed by atoms with Gasteiger partial charge in [0.25, 0.3) is 0 Å². The molecule has 3 fully saturated rings. The van der Waals surface area contributed by atoms with Crippen LogP contribution in [0.1, 0.15) is 108 Å². The Labute approximate surface area is 232 Å². The first-order valence-corrected chi connectivity index (χ1v) is 15.4. The Morgan fingerprint density at radius 2 is 1.51 bits per heavy atom. The van der Waals surface area contributed by atoms with Crippen molar-refractivity contribution in [3.63, 3.8) is 0 Å². The summed E-state index contributed by atoms with van der Waals surface area (Å²) in [6, 6.07) is 0. The minimum Gasteiger partial charge on any atom is -0.381 e. The van der Waals surface area contributed by atoms with Gasteiger partial charge in [-0.25, -0.2) is 0 Å². The lowest BCUT2D eigenvalue weighted by atomic mass is 9.62. The van der Waals surface area contributed by atoms with E-state index in [0.29, 0.717) is 36.4 Å². The van der Waals surface area contributed by atoms with Crippen LogP contribution >= 0.6 is 0 Å². The molecule has 1 unspecified atom stereocenters. The summed E-state index contributed by atoms with van der Waals surface area (Å²) in [5.74, 6) is 0.574. The fourth-order valence-electron chi connectivity index (χ4n) is 5.28. The molecule has 0 aromatic carbocycles. The normalized spacial score (nSPS) is 22.6. The smallest absolute Gasteiger partial charge is 0.0962 e. The van der Waals surface area contributed by atoms with Gasteiger partial charge in [0.05, 0.1) is 38.3 Å². The van der Waals surface area contributed by atoms with Gasteiger partial charge < -0.3 is 23.8 Å². The lowest BCUT2D eigenvalue weighted by Crippen LogP contribution is -2.62. The summed E-state index contributed by atoms with van der Waals surface area (Å²) in [6.45, 7) is 26.8. The molecular formula is C31H68N2O4. The fourth-order valence-corrected chi connectivity index (χ4v) is 5.28. The number of nitrogens with zero attached hydrogens (tertiary/aromatic N) is 1. The van der Waals surface area contributed by atoms with Crippen molar-refractivity contribution in [2.75, 3.05) is 60.8 Å². The van der Waals surface area contributed by atoms with Crippen molar-refractivity contribution in [3.05, 3.63) is 0 Å². The molecule has 1 saturated heterocycles. The lowest BCUT2D eigenvalue weighted by Gasteiger charge is -2.58. The largest absolute Gasteiger partial charge is 0.381 e. The van der Waals surface area contributed by atoms with E-state index in [9.17, 15) is 0 Å². The quantitative estimate of drug-likeness (QED) is 0.203. The fraction of sp³-hybridized carbons (Fsp3) is 1.00. The lowest BCUT2D eigenvalue weighted by molar-refractivity contribution is -0.155. The zero-order chi connectivity index (χ0) is 28.9. The predicted octanol–water partition coefficient (Wildman–Crippen LogP) is 7.01. The summed E-state index contributed by atoms with van der Waals surface area (Å²) < 4.78 is 22.3. The van der Waals surface area contributed by atoms with Gasteiger partial charge in [0.1, 0.15) is 0 Å². The highest BCUT2D eigenvalue weighted by Gasteiger charge is 2.51. The van der Waals surface area contributed by atoms with Crippen molar-refractivity contribution in [1.29, 1.82) is 0 Å². The van der Waals surface area contributed by atoms with Gasteiger partial charge in [-0.2, -0.15) is 0 Å². The molecule has 0 aromatic heterocycles. The number of hydrogen-bond donors (Lipinski definition) is 1. The van der Waals surface area contributed by atoms with E-state index in [1.807, 2.05) is 48.6 Å². The summed E-state index contributed by atoms with van der Waals surface area (Å²) in [7, 11) is 5.88. The summed E-state index contributed by atoms with van der Waals surface area (Å²) in [4.78, 5) is 2.41. The molecule has 6 heteroatoms. The van der Waals surface area contributed by atoms with Crippen LogP contribution in [0.4, 0.5) is 0 Å². The van der Waals surface area contributed by atoms with E-state index in [1.54, 1.807) is 7.11 Å². The Morgan fingerprint density at radius 3 is 1.97 bits per heavy atom. The number of likely N-dealkylation sites (tertiary alicyclic amines) is 1. The first kappa shape index (κ1) is 38.9. The standard InChI is InChI=1S/C17H34N2O2.C8H16O2.3C2H6/c1-14(9-20-13-18-4)6-16(2,3)12-21-15-7-17(8-15)10-19(5)11-17;1-3-4-10-8-5-7(6-8)9-2;3*1-2/h14-15,18H,6-13H2,1-5H3;7-8H,3-6H2,1-2H3;3*1-2H3. The molecule has 1 spiro atoms. The van der Waals surface area contributed by atoms with Crippen LogP contribution in [0.15, 0.2) is 0 Å². The Hall–Kier alpha value is -0.240. The van der Waals surface area contributed by atoms with Crippen molar-refractivity contribution in [3.8, 4) is 0 Å². The first-order chi connectivity index (χ1) is 17.7. The Balaban J connectivity index is 0. The molecule has 1 heterocycles. The molecule has 1 atom stereocenters. The van der Waals surface area contributed by atoms with E-state index in [4.69, 9.17) is 18.9 Å². The molecule has 1 N–H and O–H groups in total. The van der Waals surface area contributed by atoms with Gasteiger partial charge in [0.15, 0.2) is 0 Å². The summed E-state index contributed by atoms with van der Waals surface area (Å²) in [6.07, 6.45) is 8.47. The topological polar surface area (TPSA) is 52.2 Å². The average molecular weight is 533 g/mol. The second-order valence-corrected chi connectivity index (χ2v) is 11.2. The minimum atomic E-state index is 0.238. The molecule has 3 aliphatic rings. The van der Waals surface area contributed by atoms with Gasteiger partial charge in [-0.15, -0.1) is 0 Å². The Morgan fingerprint density at radius 1 is 0.946 bits per heavy atom. The number of ether oxygens (including phenoxy) is 4. The van der Waals surface area contributed by atoms with Crippen LogP contribution in [-0.2, 0) is 18.9 Å². The molecule has 0 radical (unpaired) electrons. The molecule has 3 rings (SSSR count). The van der Waals surface area contributed by atoms with Crippen molar-refractivity contribution < 1.29 is 18.9 Å². The van der Waals surface area contributed by atoms with E-state index in [0.717, 1.165) is 45.5 Å². The monoisotopic (exact) mass is 533 g/mol. The van der Waals surface area contributed by atoms with Gasteiger partial charge in [0.2, 0.25) is 0 Å². The van der Waals surface area contributed by atoms with E-state index in [1.165, 1.54) is 25.9 Å². The van der Waals surface area contributed by atoms with E-state index in [-0.39, 0.29) is 5.41 Å². The molecular weight excluding hydrogens is 464 g/mol. The Bertz CT molecular complexity index is 481. The maximum absolute atomic E-state index is 6.16. The predicted molar refractivity (Wildman–Crippen MR) is 160 cm³/mol. The highest BCUT2D eigenvalue weighted by atomic mass is 16.5. The van der Waals surface area contributed by atoms with Crippen molar-refractivity contribution in [1.82, 2.24) is 10.2 Å². The van der Waals surface area contributed by atoms with Gasteiger partial charge in [-0.3, -0.25) is 5.32 Å². The maximum Gasteiger partial charge on any atom is 0.0962 e. The van der Waals surface area contributed by atoms with Crippen LogP contribution in [0.3, 0.4) is 0 Å². The molecule has 0 amide bonds. The van der Waals surface area contributed by atoms with Crippen LogP contribution in [0.2, 0.25) is 0 Å². The highest BCUT2D eigenvalue weighted by Crippen LogP contribution is 2.49. The molecule has 226 valence electrons. The van der Waals surface area contributed by atoms with Crippen LogP contribution in [0.5, 0.6) is 0 Å². The van der Waals surface area contributed by atoms with E-state index in [2.05, 4.69) is 45.0 Å². The summed E-state index contributed by atoms with van der Waals surface area (Å²) in [5.41, 5.74) is 0.861. The zero-order valence-electron chi connectivity index (χ0n) is 27.4. The third kappa shape index (κ3) is 16.5. The first-order valence-electron chi connectivity index (χ1n) is 15.4. The summed E-state index contributed by atoms with van der Waals surface area (Å²) >= 11 is 0. The number of methoxy groups -OCH3 is 1. The van der Waals surface area contributed by atoms with Crippen molar-refractivity contribution >= 4 is 0 Å². The van der Waals surface area contributed by atoms with Crippen molar-refractivity contribution in [2.45, 2.75) is 126 Å². The second kappa shape index (κ2) is 22.6. The molecule has 2 aliphatic carbocycles. The van der Waals surface area contributed by atoms with Gasteiger partial charge >= 0.3 is 0 Å². The molecule has 0 bridgehead atoms. The van der Waals surface area contributed by atoms with Crippen LogP contribution in [-0.4, -0.2) is 84.1 Å². The van der Waals surface area contributed by atoms with E-state index >= 15 is 0 Å². The van der Waals surface area contributed by atoms with Crippen LogP contribution in [0, 0.1) is 16.7 Å². The number of rotatable bonds is 13. The molecule has 0 aromatic rings. The SMILES string of the molecule is CC.CC.CC.CCCOC1CC(OC)C1.CNCOCC(C)CC(C)(C)COC1CC2(C1)CN(C)C2. The number of nitrogens with one attached hydrogen (secondary N) is 1. The van der Waals surface area contributed by atoms with E-state index < -0.39 is 0 Å². The van der Waals surface area contributed by atoms with Gasteiger partial charge in [0, 0.05) is 32.2 Å². The second-order valence-electron chi connectivity index (χ2n) is 11.2. The summed E-state index contributed by atoms with van der Waals surface area (Å²) in [5, 5.41) is 3.01. The highest BCUT2D eigenvalue weighted by molar-refractivity contribution is 5.04. The number of hydrogen-bond acceptors (Lipinski definition) is 6. The molecule has 37 heavy (non-hydrogen) atoms. The third-order valence-electron chi connectivity index (χ3n) is 6.73. The van der Waals surface area contributed by atoms with Gasteiger partial charge in [-0.1, -0.05) is 69.2 Å². The zero-order valence-corrected chi connectivity index (χ0v) is 27.4. The van der Waals surface area contributed by atoms with Crippen molar-refractivity contribution in [2.24, 2.45) is 16.7 Å². The van der Waals surface area contributed by atoms with Crippen LogP contribution in [0.25, 0.3) is 0 Å². The van der Waals surface area contributed by atoms with Gasteiger partial charge in [-0.05, 0) is 64.0 Å². The Kier molecular flexibility index (Phi) is 23.7.